The number of ether oxygens (including phenoxy) is 1. The molecule has 0 atom stereocenters. The molecule has 1 N–H and O–H groups in total. The van der Waals surface area contributed by atoms with Crippen molar-refractivity contribution in [3.05, 3.63) is 66.0 Å². The number of nitrogens with zero attached hydrogens (tertiary/aromatic N) is 4. The normalized spacial score (nSPS) is 11.2. The van der Waals surface area contributed by atoms with E-state index in [1.54, 1.807) is 19.1 Å². The van der Waals surface area contributed by atoms with Crippen LogP contribution < -0.4 is 10.1 Å². The van der Waals surface area contributed by atoms with Crippen LogP contribution in [0, 0.1) is 6.92 Å². The van der Waals surface area contributed by atoms with Crippen LogP contribution in [-0.2, 0) is 16.6 Å². The molecule has 0 unspecified atom stereocenters. The number of rotatable bonds is 6. The molecular weight excluding hydrogens is 370 g/mol. The number of nitrogens with one attached hydrogen (secondary N) is 1. The monoisotopic (exact) mass is 387 g/mol. The minimum absolute atomic E-state index is 0.0198. The van der Waals surface area contributed by atoms with E-state index in [-0.39, 0.29) is 17.1 Å². The third-order valence-electron chi connectivity index (χ3n) is 3.75. The van der Waals surface area contributed by atoms with Gasteiger partial charge in [-0.1, -0.05) is 0 Å². The van der Waals surface area contributed by atoms with Crippen LogP contribution in [0.3, 0.4) is 0 Å². The largest absolute Gasteiger partial charge is 0.497 e. The van der Waals surface area contributed by atoms with Crippen LogP contribution in [0.25, 0.3) is 0 Å². The third kappa shape index (κ3) is 3.95. The Morgan fingerprint density at radius 1 is 1.26 bits per heavy atom. The van der Waals surface area contributed by atoms with Crippen LogP contribution in [0.15, 0.2) is 53.9 Å². The lowest BCUT2D eigenvalue weighted by molar-refractivity contribution is 0.0945. The van der Waals surface area contributed by atoms with E-state index >= 15 is 0 Å². The summed E-state index contributed by atoms with van der Waals surface area (Å²) in [5.41, 5.74) is 1.07. The van der Waals surface area contributed by atoms with Crippen LogP contribution in [-0.4, -0.2) is 40.6 Å². The van der Waals surface area contributed by atoms with Crippen molar-refractivity contribution in [2.45, 2.75) is 18.4 Å². The second-order valence-corrected chi connectivity index (χ2v) is 7.35. The summed E-state index contributed by atoms with van der Waals surface area (Å²) >= 11 is 0. The molecule has 0 aliphatic carbocycles. The van der Waals surface area contributed by atoms with Crippen LogP contribution in [0.5, 0.6) is 5.75 Å². The fourth-order valence-corrected chi connectivity index (χ4v) is 3.71. The van der Waals surface area contributed by atoms with E-state index in [2.05, 4.69) is 20.4 Å². The second-order valence-electron chi connectivity index (χ2n) is 5.59. The Morgan fingerprint density at radius 3 is 2.74 bits per heavy atom. The number of amides is 1. The fourth-order valence-electron chi connectivity index (χ4n) is 2.38. The van der Waals surface area contributed by atoms with Crippen molar-refractivity contribution in [1.82, 2.24) is 24.5 Å². The predicted octanol–water partition coefficient (Wildman–Crippen LogP) is 1.16. The van der Waals surface area contributed by atoms with Crippen molar-refractivity contribution in [3.8, 4) is 5.75 Å². The molecule has 0 spiro atoms. The van der Waals surface area contributed by atoms with Gasteiger partial charge in [-0.2, -0.15) is 17.6 Å². The first-order chi connectivity index (χ1) is 12.9. The van der Waals surface area contributed by atoms with E-state index in [0.29, 0.717) is 17.0 Å². The van der Waals surface area contributed by atoms with Crippen molar-refractivity contribution in [2.75, 3.05) is 7.11 Å². The summed E-state index contributed by atoms with van der Waals surface area (Å²) in [6.45, 7) is 1.82. The Balaban J connectivity index is 1.79. The quantitative estimate of drug-likeness (QED) is 0.674. The molecule has 0 saturated heterocycles. The zero-order valence-electron chi connectivity index (χ0n) is 14.7. The third-order valence-corrected chi connectivity index (χ3v) is 5.46. The summed E-state index contributed by atoms with van der Waals surface area (Å²) in [6, 6.07) is 5.95. The minimum Gasteiger partial charge on any atom is -0.497 e. The van der Waals surface area contributed by atoms with Gasteiger partial charge >= 0.3 is 0 Å². The number of aryl methyl sites for hydroxylation is 1. The maximum Gasteiger partial charge on any atom is 0.283 e. The van der Waals surface area contributed by atoms with Crippen LogP contribution in [0.4, 0.5) is 0 Å². The molecule has 140 valence electrons. The highest BCUT2D eigenvalue weighted by atomic mass is 32.2. The van der Waals surface area contributed by atoms with E-state index < -0.39 is 15.9 Å². The molecule has 3 aromatic rings. The molecular formula is C17H17N5O4S. The van der Waals surface area contributed by atoms with Gasteiger partial charge in [0.2, 0.25) is 0 Å². The molecule has 9 nitrogen and oxygen atoms in total. The zero-order valence-corrected chi connectivity index (χ0v) is 15.5. The molecule has 27 heavy (non-hydrogen) atoms. The number of hydrogen-bond acceptors (Lipinski definition) is 7. The molecule has 0 aliphatic rings. The Morgan fingerprint density at radius 2 is 2.07 bits per heavy atom. The highest BCUT2D eigenvalue weighted by molar-refractivity contribution is 7.89. The number of carbonyl (C=O) groups is 1. The summed E-state index contributed by atoms with van der Waals surface area (Å²) in [7, 11) is -2.42. The van der Waals surface area contributed by atoms with Crippen molar-refractivity contribution < 1.29 is 17.9 Å². The lowest BCUT2D eigenvalue weighted by atomic mass is 10.2. The summed E-state index contributed by atoms with van der Waals surface area (Å²) in [5, 5.41) is 6.52. The molecule has 0 fully saturated rings. The Kier molecular flexibility index (Phi) is 5.17. The van der Waals surface area contributed by atoms with Gasteiger partial charge in [-0.25, -0.2) is 0 Å². The second kappa shape index (κ2) is 7.54. The molecule has 1 amide bonds. The van der Waals surface area contributed by atoms with Gasteiger partial charge in [-0.3, -0.25) is 14.8 Å². The number of hydrogen-bond donors (Lipinski definition) is 1. The fraction of sp³-hybridized carbons (Fsp3) is 0.176. The molecule has 2 heterocycles. The molecule has 10 heteroatoms. The van der Waals surface area contributed by atoms with E-state index in [0.717, 1.165) is 4.09 Å². The summed E-state index contributed by atoms with van der Waals surface area (Å²) in [4.78, 5) is 20.2. The van der Waals surface area contributed by atoms with Crippen LogP contribution in [0.1, 0.15) is 21.7 Å². The molecule has 0 bridgehead atoms. The summed E-state index contributed by atoms with van der Waals surface area (Å²) in [6.07, 6.45) is 5.80. The topological polar surface area (TPSA) is 116 Å². The number of carbonyl (C=O) groups excluding carboxylic acids is 1. The minimum atomic E-state index is -3.93. The lowest BCUT2D eigenvalue weighted by Crippen LogP contribution is -2.24. The maximum atomic E-state index is 12.8. The Labute approximate surface area is 156 Å². The first-order valence-corrected chi connectivity index (χ1v) is 9.35. The van der Waals surface area contributed by atoms with Gasteiger partial charge in [0.15, 0.2) is 5.69 Å². The Hall–Kier alpha value is -3.27. The Bertz CT molecular complexity index is 1060. The van der Waals surface area contributed by atoms with Crippen molar-refractivity contribution in [1.29, 1.82) is 0 Å². The van der Waals surface area contributed by atoms with Gasteiger partial charge in [-0.15, -0.1) is 0 Å². The lowest BCUT2D eigenvalue weighted by Gasteiger charge is -2.09. The molecule has 3 rings (SSSR count). The number of methoxy groups -OCH3 is 1. The van der Waals surface area contributed by atoms with Crippen molar-refractivity contribution in [2.24, 2.45) is 0 Å². The van der Waals surface area contributed by atoms with Crippen LogP contribution >= 0.6 is 0 Å². The molecule has 0 radical (unpaired) electrons. The van der Waals surface area contributed by atoms with Gasteiger partial charge in [0.1, 0.15) is 5.75 Å². The van der Waals surface area contributed by atoms with Gasteiger partial charge in [0.05, 0.1) is 30.4 Å². The number of benzene rings is 1. The van der Waals surface area contributed by atoms with Crippen molar-refractivity contribution >= 4 is 15.9 Å². The molecule has 0 aliphatic heterocycles. The van der Waals surface area contributed by atoms with Gasteiger partial charge in [0.25, 0.3) is 15.9 Å². The predicted molar refractivity (Wildman–Crippen MR) is 95.7 cm³/mol. The van der Waals surface area contributed by atoms with Crippen molar-refractivity contribution in [3.63, 3.8) is 0 Å². The van der Waals surface area contributed by atoms with Gasteiger partial charge in [-0.05, 0) is 36.8 Å². The van der Waals surface area contributed by atoms with E-state index in [1.807, 2.05) is 0 Å². The average Bonchev–Trinajstić information content (AvgIpc) is 3.18. The first kappa shape index (κ1) is 18.5. The average molecular weight is 387 g/mol. The maximum absolute atomic E-state index is 12.8. The van der Waals surface area contributed by atoms with E-state index in [4.69, 9.17) is 4.74 Å². The first-order valence-electron chi connectivity index (χ1n) is 7.91. The molecule has 0 saturated carbocycles. The number of aromatic nitrogens is 4. The standard InChI is InChI=1S/C17H17N5O4S/c1-12-9-14(26-2)3-4-16(12)27(24,25)22-8-5-15(21-22)17(23)20-11-13-10-18-6-7-19-13/h3-10H,11H2,1-2H3,(H,20,23). The zero-order chi connectivity index (χ0) is 19.4. The molecule has 2 aromatic heterocycles. The smallest absolute Gasteiger partial charge is 0.283 e. The van der Waals surface area contributed by atoms with E-state index in [9.17, 15) is 13.2 Å². The molecule has 1 aromatic carbocycles. The SMILES string of the molecule is COc1ccc(S(=O)(=O)n2ccc(C(=O)NCc3cnccn3)n2)c(C)c1. The van der Waals surface area contributed by atoms with E-state index in [1.165, 1.54) is 44.0 Å². The van der Waals surface area contributed by atoms with Gasteiger partial charge < -0.3 is 10.1 Å². The highest BCUT2D eigenvalue weighted by Gasteiger charge is 2.22. The van der Waals surface area contributed by atoms with Crippen LogP contribution in [0.2, 0.25) is 0 Å². The summed E-state index contributed by atoms with van der Waals surface area (Å²) in [5.74, 6) is 0.0389. The summed E-state index contributed by atoms with van der Waals surface area (Å²) < 4.78 is 31.4. The highest BCUT2D eigenvalue weighted by Crippen LogP contribution is 2.22. The van der Waals surface area contributed by atoms with Gasteiger partial charge in [0, 0.05) is 18.6 Å².